The summed E-state index contributed by atoms with van der Waals surface area (Å²) in [6, 6.07) is 0. The third-order valence-corrected chi connectivity index (χ3v) is 16.5. The third-order valence-electron chi connectivity index (χ3n) is 3.66. The molecular weight excluding hydrogens is 447 g/mol. The Balaban J connectivity index is -0.000000120. The first-order chi connectivity index (χ1) is 9.76. The van der Waals surface area contributed by atoms with Crippen LogP contribution in [0.1, 0.15) is 48.5 Å². The number of hydrogen-bond donors (Lipinski definition) is 1. The maximum absolute atomic E-state index is 10.9. The van der Waals surface area contributed by atoms with Crippen LogP contribution in [-0.2, 0) is 24.2 Å². The van der Waals surface area contributed by atoms with E-state index in [0.29, 0.717) is 0 Å². The summed E-state index contributed by atoms with van der Waals surface area (Å²) >= 11 is 0.446. The van der Waals surface area contributed by atoms with Crippen LogP contribution < -0.4 is 6.15 Å². The van der Waals surface area contributed by atoms with E-state index in [0.717, 1.165) is 9.02 Å². The van der Waals surface area contributed by atoms with E-state index >= 15 is 0 Å². The van der Waals surface area contributed by atoms with Gasteiger partial charge in [-0.25, -0.2) is 8.42 Å². The van der Waals surface area contributed by atoms with Crippen molar-refractivity contribution in [3.63, 3.8) is 0 Å². The summed E-state index contributed by atoms with van der Waals surface area (Å²) in [5.41, 5.74) is -5.17. The van der Waals surface area contributed by atoms with Gasteiger partial charge in [-0.15, -0.1) is 0 Å². The van der Waals surface area contributed by atoms with Gasteiger partial charge < -0.3 is 6.15 Å². The Morgan fingerprint density at radius 3 is 1.26 bits per heavy atom. The van der Waals surface area contributed by atoms with Crippen LogP contribution in [0.3, 0.4) is 0 Å². The summed E-state index contributed by atoms with van der Waals surface area (Å²) in [5.74, 6) is 0. The second-order valence-corrected chi connectivity index (χ2v) is 22.6. The number of alkyl halides is 3. The fraction of sp³-hybridized carbons (Fsp3) is 1.00. The molecule has 0 rings (SSSR count). The van der Waals surface area contributed by atoms with Crippen LogP contribution in [-0.4, -0.2) is 21.2 Å². The summed E-state index contributed by atoms with van der Waals surface area (Å²) in [6.07, 6.45) is 2.69. The van der Waals surface area contributed by atoms with Crippen molar-refractivity contribution in [1.29, 1.82) is 0 Å². The van der Waals surface area contributed by atoms with Crippen LogP contribution in [0.25, 0.3) is 0 Å². The van der Waals surface area contributed by atoms with E-state index in [1.807, 2.05) is 0 Å². The molecule has 0 atom stereocenters. The molecule has 0 aliphatic heterocycles. The second kappa shape index (κ2) is 16.3. The summed E-state index contributed by atoms with van der Waals surface area (Å²) in [5, 5.41) is 1.54. The van der Waals surface area contributed by atoms with Gasteiger partial charge in [0.25, 0.3) is 0 Å². The fourth-order valence-corrected chi connectivity index (χ4v) is 11.3. The van der Waals surface area contributed by atoms with E-state index in [1.165, 1.54) is 39.7 Å². The number of halogens is 4. The van der Waals surface area contributed by atoms with Crippen LogP contribution in [0.5, 0.6) is 0 Å². The van der Waals surface area contributed by atoms with E-state index < -0.39 is 29.7 Å². The molecule has 0 unspecified atom stereocenters. The Morgan fingerprint density at radius 1 is 1.00 bits per heavy atom. The summed E-state index contributed by atoms with van der Waals surface area (Å²) < 4.78 is 53.8. The molecule has 0 aliphatic rings. The standard InChI is InChI=1S/C4H11B.2C3H7.C2H5.CBrF3O2S.H3N.Zn/c1-3-5-4-2;2*1-3-2;1-2;2-8(6,7)1(3,4)5;;/h5H,3-4H2,1-2H3;2*3H,1-2H3;1H2,2H3;;1H3;. The summed E-state index contributed by atoms with van der Waals surface area (Å²) in [7, 11) is -3.64. The van der Waals surface area contributed by atoms with Crippen molar-refractivity contribution >= 4 is 30.4 Å². The molecule has 3 N–H and O–H groups in total. The molecule has 0 spiro atoms. The van der Waals surface area contributed by atoms with E-state index in [2.05, 4.69) is 48.5 Å². The van der Waals surface area contributed by atoms with Crippen LogP contribution in [0.4, 0.5) is 13.2 Å². The Hall–Kier alpha value is 0.868. The van der Waals surface area contributed by atoms with E-state index in [-0.39, 0.29) is 6.15 Å². The minimum atomic E-state index is -5.17. The van der Waals surface area contributed by atoms with Crippen LogP contribution >= 0.6 is 14.8 Å². The monoisotopic (exact) mass is 478 g/mol. The molecule has 0 amide bonds. The maximum atomic E-state index is 10.9. The van der Waals surface area contributed by atoms with Gasteiger partial charge >= 0.3 is 78.4 Å². The third kappa shape index (κ3) is 20.8. The maximum Gasteiger partial charge on any atom is 0.507 e. The normalized spacial score (nSPS) is 10.8. The van der Waals surface area contributed by atoms with Gasteiger partial charge in [0.2, 0.25) is 0 Å². The molecule has 3 nitrogen and oxygen atoms in total. The minimum absolute atomic E-state index is 0. The smallest absolute Gasteiger partial charge is 0.344 e. The Labute approximate surface area is 154 Å². The molecule has 0 aromatic rings. The van der Waals surface area contributed by atoms with Crippen molar-refractivity contribution in [2.45, 2.75) is 80.7 Å². The van der Waals surface area contributed by atoms with Crippen molar-refractivity contribution in [1.82, 2.24) is 6.15 Å². The van der Waals surface area contributed by atoms with Crippen LogP contribution in [0, 0.1) is 0 Å². The molecule has 0 saturated carbocycles. The van der Waals surface area contributed by atoms with Crippen molar-refractivity contribution in [3.8, 4) is 0 Å². The first-order valence-corrected chi connectivity index (χ1v) is 16.9. The molecule has 0 heterocycles. The molecule has 23 heavy (non-hydrogen) atoms. The van der Waals surface area contributed by atoms with E-state index in [4.69, 9.17) is 0 Å². The largest absolute Gasteiger partial charge is 0.507 e. The van der Waals surface area contributed by atoms with Gasteiger partial charge in [-0.3, -0.25) is 0 Å². The number of rotatable bonds is 5. The Morgan fingerprint density at radius 2 is 1.26 bits per heavy atom. The van der Waals surface area contributed by atoms with Gasteiger partial charge in [0.15, 0.2) is 0 Å². The molecule has 0 aromatic heterocycles. The molecule has 0 saturated heterocycles. The average Bonchev–Trinajstić information content (AvgIpc) is 2.28. The Kier molecular flexibility index (Phi) is 22.5. The molecule has 0 fully saturated rings. The minimum Gasteiger partial charge on any atom is -0.344 e. The van der Waals surface area contributed by atoms with Gasteiger partial charge in [0.05, 0.1) is 14.8 Å². The first-order valence-electron chi connectivity index (χ1n) is 8.01. The molecule has 10 heteroatoms. The second-order valence-electron chi connectivity index (χ2n) is 6.34. The van der Waals surface area contributed by atoms with Crippen molar-refractivity contribution < 1.29 is 37.5 Å². The van der Waals surface area contributed by atoms with Crippen LogP contribution in [0.15, 0.2) is 0 Å². The predicted molar refractivity (Wildman–Crippen MR) is 97.7 cm³/mol. The topological polar surface area (TPSA) is 69.1 Å². The molecule has 0 radical (unpaired) electrons. The summed E-state index contributed by atoms with van der Waals surface area (Å²) in [4.78, 5) is 0. The predicted octanol–water partition coefficient (Wildman–Crippen LogP) is 6.39. The van der Waals surface area contributed by atoms with Gasteiger partial charge in [-0.2, -0.15) is 13.2 Å². The van der Waals surface area contributed by atoms with E-state index in [1.54, 1.807) is 0 Å². The average molecular weight is 481 g/mol. The Bertz CT molecular complexity index is 346. The quantitative estimate of drug-likeness (QED) is 0.366. The zero-order valence-electron chi connectivity index (χ0n) is 15.6. The van der Waals surface area contributed by atoms with Gasteiger partial charge in [-0.05, 0) is 0 Å². The van der Waals surface area contributed by atoms with Crippen molar-refractivity contribution in [3.05, 3.63) is 0 Å². The fourth-order valence-electron chi connectivity index (χ4n) is 2.45. The molecular formula is C13H33BBrF3NO2SZn. The van der Waals surface area contributed by atoms with Gasteiger partial charge in [0.1, 0.15) is 7.28 Å². The molecule has 0 aliphatic carbocycles. The zero-order valence-corrected chi connectivity index (χ0v) is 21.0. The van der Waals surface area contributed by atoms with Crippen LogP contribution in [0.2, 0.25) is 26.7 Å². The van der Waals surface area contributed by atoms with Gasteiger partial charge in [-0.1, -0.05) is 26.5 Å². The zero-order chi connectivity index (χ0) is 18.6. The van der Waals surface area contributed by atoms with Crippen molar-refractivity contribution in [2.24, 2.45) is 0 Å². The molecule has 0 aromatic carbocycles. The molecule has 0 bridgehead atoms. The van der Waals surface area contributed by atoms with E-state index in [9.17, 15) is 21.6 Å². The SMILES string of the molecule is CCBCC.C[CH2][Zn]([CH](C)C)[CH](C)C.N.O=S(=O)(Br)C(F)(F)F. The number of hydrogen-bond acceptors (Lipinski definition) is 3. The first kappa shape index (κ1) is 31.6. The van der Waals surface area contributed by atoms with Gasteiger partial charge in [0, 0.05) is 0 Å². The van der Waals surface area contributed by atoms with Crippen molar-refractivity contribution in [2.75, 3.05) is 0 Å². The summed E-state index contributed by atoms with van der Waals surface area (Å²) in [6.45, 7) is 16.4. The molecule has 141 valence electrons.